The summed E-state index contributed by atoms with van der Waals surface area (Å²) in [6.07, 6.45) is 1.64. The third-order valence-corrected chi connectivity index (χ3v) is 4.20. The highest BCUT2D eigenvalue weighted by Gasteiger charge is 2.29. The van der Waals surface area contributed by atoms with Crippen LogP contribution in [0.15, 0.2) is 18.2 Å². The Morgan fingerprint density at radius 3 is 2.59 bits per heavy atom. The summed E-state index contributed by atoms with van der Waals surface area (Å²) in [6.45, 7) is 3.11. The van der Waals surface area contributed by atoms with E-state index in [1.54, 1.807) is 4.90 Å². The molecule has 0 radical (unpaired) electrons. The Morgan fingerprint density at radius 1 is 1.45 bits per heavy atom. The van der Waals surface area contributed by atoms with E-state index in [9.17, 15) is 14.9 Å². The van der Waals surface area contributed by atoms with Crippen LogP contribution in [0.25, 0.3) is 0 Å². The highest BCUT2D eigenvalue weighted by molar-refractivity contribution is 5.98. The molecule has 1 heterocycles. The van der Waals surface area contributed by atoms with Gasteiger partial charge in [0.15, 0.2) is 0 Å². The number of hydrogen-bond acceptors (Lipinski definition) is 5. The van der Waals surface area contributed by atoms with Crippen LogP contribution in [0.3, 0.4) is 0 Å². The lowest BCUT2D eigenvalue weighted by molar-refractivity contribution is -0.385. The number of nitro benzene ring substituents is 1. The Kier molecular flexibility index (Phi) is 4.97. The topological polar surface area (TPSA) is 98.7 Å². The van der Waals surface area contributed by atoms with E-state index >= 15 is 0 Å². The standard InChI is InChI=1S/C15H21N3O4/c1-10(16)11-5-7-17(8-6-11)15(19)13-9-12(22-2)3-4-14(13)18(20)21/h3-4,9-11H,5-8,16H2,1-2H3. The van der Waals surface area contributed by atoms with E-state index in [0.29, 0.717) is 24.8 Å². The largest absolute Gasteiger partial charge is 0.497 e. The van der Waals surface area contributed by atoms with Gasteiger partial charge in [0.25, 0.3) is 11.6 Å². The molecule has 7 nitrogen and oxygen atoms in total. The maximum Gasteiger partial charge on any atom is 0.282 e. The monoisotopic (exact) mass is 307 g/mol. The molecule has 0 bridgehead atoms. The number of ether oxygens (including phenoxy) is 1. The number of methoxy groups -OCH3 is 1. The first-order valence-electron chi connectivity index (χ1n) is 7.31. The lowest BCUT2D eigenvalue weighted by atomic mass is 9.90. The molecule has 1 aromatic rings. The Hall–Kier alpha value is -2.15. The average molecular weight is 307 g/mol. The molecule has 1 amide bonds. The van der Waals surface area contributed by atoms with Crippen molar-refractivity contribution in [2.45, 2.75) is 25.8 Å². The van der Waals surface area contributed by atoms with E-state index in [0.717, 1.165) is 12.8 Å². The van der Waals surface area contributed by atoms with Gasteiger partial charge in [-0.05, 0) is 37.8 Å². The number of nitrogens with zero attached hydrogens (tertiary/aromatic N) is 2. The molecule has 120 valence electrons. The second kappa shape index (κ2) is 6.74. The zero-order valence-electron chi connectivity index (χ0n) is 12.8. The molecule has 1 atom stereocenters. The smallest absolute Gasteiger partial charge is 0.282 e. The predicted octanol–water partition coefficient (Wildman–Crippen LogP) is 1.80. The van der Waals surface area contributed by atoms with Gasteiger partial charge in [0, 0.05) is 25.2 Å². The normalized spacial score (nSPS) is 17.1. The van der Waals surface area contributed by atoms with Crippen molar-refractivity contribution in [2.75, 3.05) is 20.2 Å². The third-order valence-electron chi connectivity index (χ3n) is 4.20. The summed E-state index contributed by atoms with van der Waals surface area (Å²) in [5.41, 5.74) is 5.77. The zero-order chi connectivity index (χ0) is 16.3. The summed E-state index contributed by atoms with van der Waals surface area (Å²) in [6, 6.07) is 4.32. The molecular weight excluding hydrogens is 286 g/mol. The van der Waals surface area contributed by atoms with Crippen LogP contribution in [-0.2, 0) is 0 Å². The summed E-state index contributed by atoms with van der Waals surface area (Å²) in [4.78, 5) is 24.8. The molecule has 2 N–H and O–H groups in total. The fourth-order valence-electron chi connectivity index (χ4n) is 2.77. The maximum atomic E-state index is 12.6. The minimum atomic E-state index is -0.540. The number of carbonyl (C=O) groups is 1. The lowest BCUT2D eigenvalue weighted by Gasteiger charge is -2.33. The van der Waals surface area contributed by atoms with Crippen LogP contribution in [0.5, 0.6) is 5.75 Å². The van der Waals surface area contributed by atoms with E-state index in [4.69, 9.17) is 10.5 Å². The van der Waals surface area contributed by atoms with E-state index in [-0.39, 0.29) is 23.2 Å². The van der Waals surface area contributed by atoms with Gasteiger partial charge in [-0.3, -0.25) is 14.9 Å². The van der Waals surface area contributed by atoms with Crippen molar-refractivity contribution in [1.82, 2.24) is 4.90 Å². The van der Waals surface area contributed by atoms with Gasteiger partial charge in [-0.15, -0.1) is 0 Å². The number of carbonyl (C=O) groups excluding carboxylic acids is 1. The van der Waals surface area contributed by atoms with Crippen molar-refractivity contribution in [3.8, 4) is 5.75 Å². The van der Waals surface area contributed by atoms with Crippen molar-refractivity contribution in [3.05, 3.63) is 33.9 Å². The number of benzene rings is 1. The second-order valence-electron chi connectivity index (χ2n) is 5.63. The Bertz CT molecular complexity index is 566. The number of piperidine rings is 1. The van der Waals surface area contributed by atoms with E-state index < -0.39 is 4.92 Å². The number of nitro groups is 1. The molecule has 1 saturated heterocycles. The van der Waals surface area contributed by atoms with Crippen molar-refractivity contribution in [1.29, 1.82) is 0 Å². The van der Waals surface area contributed by atoms with Gasteiger partial charge in [-0.25, -0.2) is 0 Å². The molecule has 0 aliphatic carbocycles. The van der Waals surface area contributed by atoms with E-state index in [1.807, 2.05) is 6.92 Å². The minimum absolute atomic E-state index is 0.0728. The quantitative estimate of drug-likeness (QED) is 0.675. The molecule has 1 aliphatic heterocycles. The SMILES string of the molecule is COc1ccc([N+](=O)[O-])c(C(=O)N2CCC(C(C)N)CC2)c1. The Labute approximate surface area is 129 Å². The first-order valence-corrected chi connectivity index (χ1v) is 7.31. The molecule has 1 unspecified atom stereocenters. The predicted molar refractivity (Wildman–Crippen MR) is 81.9 cm³/mol. The van der Waals surface area contributed by atoms with Gasteiger partial charge >= 0.3 is 0 Å². The van der Waals surface area contributed by atoms with Crippen LogP contribution in [0.2, 0.25) is 0 Å². The Balaban J connectivity index is 2.20. The van der Waals surface area contributed by atoms with Crippen LogP contribution in [0.1, 0.15) is 30.1 Å². The van der Waals surface area contributed by atoms with Gasteiger partial charge in [0.2, 0.25) is 0 Å². The highest BCUT2D eigenvalue weighted by atomic mass is 16.6. The average Bonchev–Trinajstić information content (AvgIpc) is 2.53. The zero-order valence-corrected chi connectivity index (χ0v) is 12.8. The van der Waals surface area contributed by atoms with Crippen LogP contribution >= 0.6 is 0 Å². The summed E-state index contributed by atoms with van der Waals surface area (Å²) in [5, 5.41) is 11.1. The maximum absolute atomic E-state index is 12.6. The van der Waals surface area contributed by atoms with Crippen molar-refractivity contribution >= 4 is 11.6 Å². The first-order chi connectivity index (χ1) is 10.4. The molecule has 2 rings (SSSR count). The van der Waals surface area contributed by atoms with E-state index in [2.05, 4.69) is 0 Å². The number of rotatable bonds is 4. The molecular formula is C15H21N3O4. The summed E-state index contributed by atoms with van der Waals surface area (Å²) in [5.74, 6) is 0.498. The van der Waals surface area contributed by atoms with Gasteiger partial charge in [0.1, 0.15) is 11.3 Å². The summed E-state index contributed by atoms with van der Waals surface area (Å²) in [7, 11) is 1.46. The Morgan fingerprint density at radius 2 is 2.09 bits per heavy atom. The van der Waals surface area contributed by atoms with E-state index in [1.165, 1.54) is 25.3 Å². The lowest BCUT2D eigenvalue weighted by Crippen LogP contribution is -2.42. The minimum Gasteiger partial charge on any atom is -0.497 e. The van der Waals surface area contributed by atoms with Crippen molar-refractivity contribution < 1.29 is 14.5 Å². The number of amides is 1. The molecule has 0 saturated carbocycles. The second-order valence-corrected chi connectivity index (χ2v) is 5.63. The van der Waals surface area contributed by atoms with Gasteiger partial charge in [-0.1, -0.05) is 0 Å². The molecule has 1 aliphatic rings. The molecule has 1 fully saturated rings. The third kappa shape index (κ3) is 3.36. The molecule has 0 spiro atoms. The first kappa shape index (κ1) is 16.2. The number of hydrogen-bond donors (Lipinski definition) is 1. The van der Waals surface area contributed by atoms with Crippen molar-refractivity contribution in [3.63, 3.8) is 0 Å². The molecule has 0 aromatic heterocycles. The summed E-state index contributed by atoms with van der Waals surface area (Å²) >= 11 is 0. The van der Waals surface area contributed by atoms with Crippen molar-refractivity contribution in [2.24, 2.45) is 11.7 Å². The van der Waals surface area contributed by atoms with Gasteiger partial charge < -0.3 is 15.4 Å². The van der Waals surface area contributed by atoms with Crippen LogP contribution < -0.4 is 10.5 Å². The van der Waals surface area contributed by atoms with Crippen LogP contribution in [0, 0.1) is 16.0 Å². The van der Waals surface area contributed by atoms with Crippen LogP contribution in [0.4, 0.5) is 5.69 Å². The highest BCUT2D eigenvalue weighted by Crippen LogP contribution is 2.27. The summed E-state index contributed by atoms with van der Waals surface area (Å²) < 4.78 is 5.07. The fourth-order valence-corrected chi connectivity index (χ4v) is 2.77. The number of likely N-dealkylation sites (tertiary alicyclic amines) is 1. The van der Waals surface area contributed by atoms with Crippen LogP contribution in [-0.4, -0.2) is 42.0 Å². The van der Waals surface area contributed by atoms with Gasteiger partial charge in [-0.2, -0.15) is 0 Å². The fraction of sp³-hybridized carbons (Fsp3) is 0.533. The molecule has 7 heteroatoms. The number of nitrogens with two attached hydrogens (primary N) is 1. The van der Waals surface area contributed by atoms with Gasteiger partial charge in [0.05, 0.1) is 12.0 Å². The molecule has 22 heavy (non-hydrogen) atoms. The molecule has 1 aromatic carbocycles.